The van der Waals surface area contributed by atoms with Crippen molar-refractivity contribution in [3.8, 4) is 5.75 Å². The van der Waals surface area contributed by atoms with Crippen molar-refractivity contribution in [2.24, 2.45) is 0 Å². The number of nitrogens with zero attached hydrogens (tertiary/aromatic N) is 4. The summed E-state index contributed by atoms with van der Waals surface area (Å²) in [6.45, 7) is 5.56. The first-order valence-electron chi connectivity index (χ1n) is 8.07. The minimum Gasteiger partial charge on any atom is -0.497 e. The van der Waals surface area contributed by atoms with Gasteiger partial charge in [0.05, 0.1) is 7.11 Å². The first-order valence-corrected chi connectivity index (χ1v) is 8.07. The number of nitrogens with one attached hydrogen (secondary N) is 1. The number of nitrogens with two attached hydrogens (primary N) is 1. The highest BCUT2D eigenvalue weighted by atomic mass is 16.5. The minimum atomic E-state index is 0.517. The molecule has 24 heavy (non-hydrogen) atoms. The second kappa shape index (κ2) is 6.92. The summed E-state index contributed by atoms with van der Waals surface area (Å²) < 4.78 is 5.31. The molecule has 1 aliphatic heterocycles. The number of hydrogen-bond acceptors (Lipinski definition) is 7. The van der Waals surface area contributed by atoms with Crippen LogP contribution in [0.1, 0.15) is 5.56 Å². The molecule has 2 aromatic rings. The molecule has 2 heterocycles. The number of piperazine rings is 1. The molecule has 0 saturated carbocycles. The number of hydrogen-bond donors (Lipinski definition) is 2. The van der Waals surface area contributed by atoms with Gasteiger partial charge in [-0.1, -0.05) is 6.07 Å². The molecule has 0 unspecified atom stereocenters. The molecule has 1 aromatic heterocycles. The molecule has 1 aliphatic rings. The molecule has 128 valence electrons. The molecular formula is C17H24N6O. The molecule has 1 fully saturated rings. The summed E-state index contributed by atoms with van der Waals surface area (Å²) in [5.74, 6) is 2.82. The van der Waals surface area contributed by atoms with Crippen molar-refractivity contribution in [2.45, 2.75) is 6.92 Å². The van der Waals surface area contributed by atoms with Crippen LogP contribution in [0.4, 0.5) is 23.3 Å². The Morgan fingerprint density at radius 1 is 1.25 bits per heavy atom. The van der Waals surface area contributed by atoms with Crippen molar-refractivity contribution >= 4 is 23.3 Å². The van der Waals surface area contributed by atoms with Gasteiger partial charge in [-0.3, -0.25) is 0 Å². The van der Waals surface area contributed by atoms with Crippen LogP contribution >= 0.6 is 0 Å². The van der Waals surface area contributed by atoms with E-state index in [9.17, 15) is 0 Å². The van der Waals surface area contributed by atoms with Crippen molar-refractivity contribution in [3.05, 3.63) is 29.8 Å². The number of aromatic nitrogens is 2. The van der Waals surface area contributed by atoms with E-state index in [1.165, 1.54) is 0 Å². The van der Waals surface area contributed by atoms with Gasteiger partial charge in [-0.2, -0.15) is 9.97 Å². The average Bonchev–Trinajstić information content (AvgIpc) is 2.64. The van der Waals surface area contributed by atoms with E-state index in [0.29, 0.717) is 11.8 Å². The Bertz CT molecular complexity index is 714. The van der Waals surface area contributed by atoms with Gasteiger partial charge < -0.3 is 25.6 Å². The van der Waals surface area contributed by atoms with Crippen molar-refractivity contribution in [3.63, 3.8) is 0 Å². The Kier molecular flexibility index (Phi) is 4.71. The number of anilines is 4. The summed E-state index contributed by atoms with van der Waals surface area (Å²) in [5.41, 5.74) is 8.02. The third kappa shape index (κ3) is 3.21. The molecule has 0 spiro atoms. The molecule has 0 aliphatic carbocycles. The summed E-state index contributed by atoms with van der Waals surface area (Å²) >= 11 is 0. The minimum absolute atomic E-state index is 0.517. The van der Waals surface area contributed by atoms with Crippen LogP contribution in [0.25, 0.3) is 0 Å². The Hall–Kier alpha value is -2.54. The van der Waals surface area contributed by atoms with Gasteiger partial charge >= 0.3 is 0 Å². The molecule has 7 nitrogen and oxygen atoms in total. The van der Waals surface area contributed by atoms with Gasteiger partial charge in [-0.15, -0.1) is 0 Å². The molecule has 3 rings (SSSR count). The molecule has 0 bridgehead atoms. The summed E-state index contributed by atoms with van der Waals surface area (Å²) in [5, 5.41) is 3.33. The molecule has 3 N–H and O–H groups in total. The van der Waals surface area contributed by atoms with E-state index in [0.717, 1.165) is 49.0 Å². The second-order valence-corrected chi connectivity index (χ2v) is 5.85. The van der Waals surface area contributed by atoms with Gasteiger partial charge in [0.15, 0.2) is 0 Å². The van der Waals surface area contributed by atoms with E-state index in [1.807, 2.05) is 43.1 Å². The molecule has 0 atom stereocenters. The van der Waals surface area contributed by atoms with E-state index in [1.54, 1.807) is 7.11 Å². The van der Waals surface area contributed by atoms with E-state index in [4.69, 9.17) is 15.5 Å². The molecule has 0 amide bonds. The topological polar surface area (TPSA) is 79.5 Å². The molecule has 0 radical (unpaired) electrons. The Balaban J connectivity index is 1.97. The maximum atomic E-state index is 6.16. The Morgan fingerprint density at radius 3 is 2.71 bits per heavy atom. The fourth-order valence-corrected chi connectivity index (χ4v) is 2.78. The van der Waals surface area contributed by atoms with Crippen LogP contribution in [-0.4, -0.2) is 50.3 Å². The highest BCUT2D eigenvalue weighted by Crippen LogP contribution is 2.31. The third-order valence-electron chi connectivity index (χ3n) is 4.30. The zero-order valence-electron chi connectivity index (χ0n) is 14.4. The van der Waals surface area contributed by atoms with Crippen LogP contribution in [0.3, 0.4) is 0 Å². The lowest BCUT2D eigenvalue weighted by atomic mass is 10.2. The summed E-state index contributed by atoms with van der Waals surface area (Å²) in [6.07, 6.45) is 0. The van der Waals surface area contributed by atoms with E-state index < -0.39 is 0 Å². The number of ether oxygens (including phenoxy) is 1. The number of methoxy groups -OCH3 is 1. The average molecular weight is 328 g/mol. The Labute approximate surface area is 142 Å². The van der Waals surface area contributed by atoms with Crippen LogP contribution in [0, 0.1) is 6.92 Å². The van der Waals surface area contributed by atoms with E-state index in [2.05, 4.69) is 15.2 Å². The first kappa shape index (κ1) is 16.3. The van der Waals surface area contributed by atoms with Gasteiger partial charge in [-0.25, -0.2) is 0 Å². The van der Waals surface area contributed by atoms with E-state index >= 15 is 0 Å². The predicted molar refractivity (Wildman–Crippen MR) is 97.3 cm³/mol. The van der Waals surface area contributed by atoms with Gasteiger partial charge in [0.2, 0.25) is 5.95 Å². The van der Waals surface area contributed by atoms with Crippen molar-refractivity contribution < 1.29 is 4.74 Å². The first-order chi connectivity index (χ1) is 11.6. The van der Waals surface area contributed by atoms with Crippen molar-refractivity contribution in [1.29, 1.82) is 0 Å². The fraction of sp³-hybridized carbons (Fsp3) is 0.412. The quantitative estimate of drug-likeness (QED) is 0.881. The van der Waals surface area contributed by atoms with Gasteiger partial charge in [0.25, 0.3) is 0 Å². The summed E-state index contributed by atoms with van der Waals surface area (Å²) in [6, 6.07) is 7.87. The monoisotopic (exact) mass is 328 g/mol. The number of benzene rings is 1. The lowest BCUT2D eigenvalue weighted by Gasteiger charge is -2.29. The van der Waals surface area contributed by atoms with Crippen LogP contribution in [-0.2, 0) is 0 Å². The molecule has 1 saturated heterocycles. The molecule has 1 aromatic carbocycles. The fourth-order valence-electron chi connectivity index (χ4n) is 2.78. The normalized spacial score (nSPS) is 14.5. The maximum absolute atomic E-state index is 6.16. The van der Waals surface area contributed by atoms with Crippen LogP contribution in [0.5, 0.6) is 5.75 Å². The van der Waals surface area contributed by atoms with Gasteiger partial charge in [0, 0.05) is 50.5 Å². The van der Waals surface area contributed by atoms with Crippen molar-refractivity contribution in [1.82, 2.24) is 15.3 Å². The third-order valence-corrected chi connectivity index (χ3v) is 4.30. The zero-order chi connectivity index (χ0) is 17.1. The SMILES string of the molecule is COc1cccc(N(C)c2nc(N3CCNCC3)nc(N)c2C)c1. The van der Waals surface area contributed by atoms with Crippen molar-refractivity contribution in [2.75, 3.05) is 55.9 Å². The second-order valence-electron chi connectivity index (χ2n) is 5.85. The highest BCUT2D eigenvalue weighted by Gasteiger charge is 2.19. The number of rotatable bonds is 4. The van der Waals surface area contributed by atoms with Crippen LogP contribution in [0.2, 0.25) is 0 Å². The largest absolute Gasteiger partial charge is 0.497 e. The molecule has 7 heteroatoms. The van der Waals surface area contributed by atoms with Crippen LogP contribution in [0.15, 0.2) is 24.3 Å². The maximum Gasteiger partial charge on any atom is 0.229 e. The Morgan fingerprint density at radius 2 is 2.00 bits per heavy atom. The van der Waals surface area contributed by atoms with Gasteiger partial charge in [-0.05, 0) is 19.1 Å². The lowest BCUT2D eigenvalue weighted by Crippen LogP contribution is -2.44. The van der Waals surface area contributed by atoms with Gasteiger partial charge in [0.1, 0.15) is 17.4 Å². The number of nitrogen functional groups attached to an aromatic ring is 1. The predicted octanol–water partition coefficient (Wildman–Crippen LogP) is 1.55. The zero-order valence-corrected chi connectivity index (χ0v) is 14.4. The highest BCUT2D eigenvalue weighted by molar-refractivity contribution is 5.68. The summed E-state index contributed by atoms with van der Waals surface area (Å²) in [7, 11) is 3.64. The summed E-state index contributed by atoms with van der Waals surface area (Å²) in [4.78, 5) is 13.4. The van der Waals surface area contributed by atoms with Crippen LogP contribution < -0.4 is 25.6 Å². The van der Waals surface area contributed by atoms with E-state index in [-0.39, 0.29) is 0 Å². The smallest absolute Gasteiger partial charge is 0.229 e. The standard InChI is InChI=1S/C17H24N6O/c1-12-15(18)20-17(23-9-7-19-8-10-23)21-16(12)22(2)13-5-4-6-14(11-13)24-3/h4-6,11,19H,7-10H2,1-3H3,(H2,18,20,21). The molecular weight excluding hydrogens is 304 g/mol. The lowest BCUT2D eigenvalue weighted by molar-refractivity contribution is 0.415.